The number of benzene rings is 1. The molecule has 1 fully saturated rings. The van der Waals surface area contributed by atoms with Crippen LogP contribution in [0.5, 0.6) is 11.5 Å². The van der Waals surface area contributed by atoms with Gasteiger partial charge < -0.3 is 20.3 Å². The monoisotopic (exact) mass is 323 g/mol. The van der Waals surface area contributed by atoms with E-state index in [1.54, 1.807) is 7.11 Å². The summed E-state index contributed by atoms with van der Waals surface area (Å²) in [5, 5.41) is 9.07. The van der Waals surface area contributed by atoms with Gasteiger partial charge in [-0.1, -0.05) is 12.1 Å². The number of rotatable bonds is 8. The Hall–Kier alpha value is -1.34. The second kappa shape index (κ2) is 9.08. The third-order valence-corrected chi connectivity index (χ3v) is 4.36. The maximum absolute atomic E-state index is 9.07. The van der Waals surface area contributed by atoms with Crippen molar-refractivity contribution in [2.45, 2.75) is 13.0 Å². The highest BCUT2D eigenvalue weighted by molar-refractivity contribution is 5.48. The number of hydrogen-bond acceptors (Lipinski definition) is 6. The van der Waals surface area contributed by atoms with Gasteiger partial charge in [-0.25, -0.2) is 0 Å². The zero-order chi connectivity index (χ0) is 16.7. The number of β-amino-alcohol motifs (C(OH)–C–C–N with tert-alkyl or cyclic N) is 1. The first-order valence-electron chi connectivity index (χ1n) is 8.32. The highest BCUT2D eigenvalue weighted by Crippen LogP contribution is 2.37. The molecule has 1 atom stereocenters. The van der Waals surface area contributed by atoms with Crippen molar-refractivity contribution in [2.75, 3.05) is 59.6 Å². The van der Waals surface area contributed by atoms with Gasteiger partial charge in [0, 0.05) is 44.8 Å². The van der Waals surface area contributed by atoms with E-state index in [0.717, 1.165) is 49.8 Å². The number of aliphatic hydroxyl groups excluding tert-OH is 1. The molecule has 0 amide bonds. The topological polar surface area (TPSA) is 71.2 Å². The third kappa shape index (κ3) is 4.35. The molecule has 130 valence electrons. The molecule has 3 N–H and O–H groups in total. The average molecular weight is 323 g/mol. The summed E-state index contributed by atoms with van der Waals surface area (Å²) in [7, 11) is 1.66. The number of ether oxygens (including phenoxy) is 2. The van der Waals surface area contributed by atoms with Crippen molar-refractivity contribution in [1.29, 1.82) is 0 Å². The van der Waals surface area contributed by atoms with Gasteiger partial charge in [0.15, 0.2) is 11.5 Å². The highest BCUT2D eigenvalue weighted by atomic mass is 16.5. The van der Waals surface area contributed by atoms with Crippen LogP contribution in [0.2, 0.25) is 0 Å². The molecule has 6 heteroatoms. The lowest BCUT2D eigenvalue weighted by atomic mass is 10.0. The molecule has 0 spiro atoms. The van der Waals surface area contributed by atoms with Crippen molar-refractivity contribution in [1.82, 2.24) is 9.80 Å². The van der Waals surface area contributed by atoms with Gasteiger partial charge in [-0.05, 0) is 13.0 Å². The summed E-state index contributed by atoms with van der Waals surface area (Å²) in [6.07, 6.45) is 0. The Labute approximate surface area is 138 Å². The summed E-state index contributed by atoms with van der Waals surface area (Å²) in [6.45, 7) is 7.82. The fraction of sp³-hybridized carbons (Fsp3) is 0.647. The first kappa shape index (κ1) is 18.0. The van der Waals surface area contributed by atoms with E-state index in [2.05, 4.69) is 15.9 Å². The first-order chi connectivity index (χ1) is 11.2. The van der Waals surface area contributed by atoms with Gasteiger partial charge in [-0.15, -0.1) is 0 Å². The van der Waals surface area contributed by atoms with E-state index in [1.165, 1.54) is 0 Å². The van der Waals surface area contributed by atoms with Crippen molar-refractivity contribution < 1.29 is 14.6 Å². The highest BCUT2D eigenvalue weighted by Gasteiger charge is 2.27. The second-order valence-electron chi connectivity index (χ2n) is 5.66. The molecule has 1 unspecified atom stereocenters. The summed E-state index contributed by atoms with van der Waals surface area (Å²) >= 11 is 0. The van der Waals surface area contributed by atoms with Gasteiger partial charge in [0.25, 0.3) is 0 Å². The summed E-state index contributed by atoms with van der Waals surface area (Å²) in [5.41, 5.74) is 7.18. The molecular formula is C17H29N3O3. The second-order valence-corrected chi connectivity index (χ2v) is 5.66. The standard InChI is InChI=1S/C17H29N3O3/c1-3-23-17-14(5-4-6-16(17)22-2)15(13-18)20-9-7-19(8-10-20)11-12-21/h4-6,15,21H,3,7-13,18H2,1-2H3. The molecule has 6 nitrogen and oxygen atoms in total. The van der Waals surface area contributed by atoms with Crippen LogP contribution >= 0.6 is 0 Å². The Morgan fingerprint density at radius 1 is 1.26 bits per heavy atom. The van der Waals surface area contributed by atoms with Crippen molar-refractivity contribution in [3.63, 3.8) is 0 Å². The van der Waals surface area contributed by atoms with Crippen LogP contribution in [0.4, 0.5) is 0 Å². The molecule has 2 rings (SSSR count). The van der Waals surface area contributed by atoms with Gasteiger partial charge in [0.05, 0.1) is 26.4 Å². The summed E-state index contributed by atoms with van der Waals surface area (Å²) < 4.78 is 11.3. The third-order valence-electron chi connectivity index (χ3n) is 4.36. The minimum Gasteiger partial charge on any atom is -0.493 e. The van der Waals surface area contributed by atoms with E-state index < -0.39 is 0 Å². The quantitative estimate of drug-likeness (QED) is 0.734. The molecule has 0 aliphatic carbocycles. The normalized spacial score (nSPS) is 17.9. The van der Waals surface area contributed by atoms with Crippen LogP contribution in [-0.2, 0) is 0 Å². The first-order valence-corrected chi connectivity index (χ1v) is 8.32. The van der Waals surface area contributed by atoms with Crippen molar-refractivity contribution in [3.05, 3.63) is 23.8 Å². The molecule has 1 aliphatic rings. The predicted molar refractivity (Wildman–Crippen MR) is 91.1 cm³/mol. The predicted octanol–water partition coefficient (Wildman–Crippen LogP) is 0.704. The van der Waals surface area contributed by atoms with Crippen molar-refractivity contribution in [3.8, 4) is 11.5 Å². The molecule has 0 aromatic heterocycles. The van der Waals surface area contributed by atoms with E-state index in [1.807, 2.05) is 19.1 Å². The summed E-state index contributed by atoms with van der Waals surface area (Å²) in [4.78, 5) is 4.67. The molecule has 1 aromatic rings. The van der Waals surface area contributed by atoms with Gasteiger partial charge in [-0.2, -0.15) is 0 Å². The molecule has 0 radical (unpaired) electrons. The number of para-hydroxylation sites is 1. The van der Waals surface area contributed by atoms with Crippen molar-refractivity contribution in [2.24, 2.45) is 5.73 Å². The molecule has 0 bridgehead atoms. The van der Waals surface area contributed by atoms with E-state index in [-0.39, 0.29) is 12.6 Å². The Balaban J connectivity index is 2.18. The zero-order valence-corrected chi connectivity index (χ0v) is 14.2. The molecule has 1 saturated heterocycles. The van der Waals surface area contributed by atoms with Crippen LogP contribution in [0.15, 0.2) is 18.2 Å². The Kier molecular flexibility index (Phi) is 7.11. The molecule has 23 heavy (non-hydrogen) atoms. The molecule has 1 aliphatic heterocycles. The van der Waals surface area contributed by atoms with E-state index in [4.69, 9.17) is 20.3 Å². The van der Waals surface area contributed by atoms with Crippen LogP contribution in [-0.4, -0.2) is 74.5 Å². The van der Waals surface area contributed by atoms with Gasteiger partial charge >= 0.3 is 0 Å². The molecule has 0 saturated carbocycles. The maximum Gasteiger partial charge on any atom is 0.165 e. The largest absolute Gasteiger partial charge is 0.493 e. The minimum absolute atomic E-state index is 0.114. The van der Waals surface area contributed by atoms with Gasteiger partial charge in [0.1, 0.15) is 0 Å². The van der Waals surface area contributed by atoms with Crippen LogP contribution in [0.25, 0.3) is 0 Å². The SMILES string of the molecule is CCOc1c(OC)cccc1C(CN)N1CCN(CCO)CC1. The maximum atomic E-state index is 9.07. The Morgan fingerprint density at radius 3 is 2.57 bits per heavy atom. The number of nitrogens with zero attached hydrogens (tertiary/aromatic N) is 2. The van der Waals surface area contributed by atoms with Crippen LogP contribution in [0, 0.1) is 0 Å². The van der Waals surface area contributed by atoms with E-state index >= 15 is 0 Å². The number of aliphatic hydroxyl groups is 1. The Bertz CT molecular complexity index is 476. The lowest BCUT2D eigenvalue weighted by Crippen LogP contribution is -2.49. The van der Waals surface area contributed by atoms with Crippen molar-refractivity contribution >= 4 is 0 Å². The van der Waals surface area contributed by atoms with E-state index in [0.29, 0.717) is 13.2 Å². The molecule has 1 heterocycles. The van der Waals surface area contributed by atoms with Crippen LogP contribution < -0.4 is 15.2 Å². The minimum atomic E-state index is 0.114. The fourth-order valence-corrected chi connectivity index (χ4v) is 3.17. The Morgan fingerprint density at radius 2 is 2.00 bits per heavy atom. The van der Waals surface area contributed by atoms with Crippen LogP contribution in [0.3, 0.4) is 0 Å². The molecule has 1 aromatic carbocycles. The lowest BCUT2D eigenvalue weighted by molar-refractivity contribution is 0.0845. The zero-order valence-electron chi connectivity index (χ0n) is 14.2. The lowest BCUT2D eigenvalue weighted by Gasteiger charge is -2.39. The number of hydrogen-bond donors (Lipinski definition) is 2. The summed E-state index contributed by atoms with van der Waals surface area (Å²) in [6, 6.07) is 6.09. The number of nitrogens with two attached hydrogens (primary N) is 1. The fourth-order valence-electron chi connectivity index (χ4n) is 3.17. The number of methoxy groups -OCH3 is 1. The summed E-state index contributed by atoms with van der Waals surface area (Å²) in [5.74, 6) is 1.55. The number of piperazine rings is 1. The average Bonchev–Trinajstić information content (AvgIpc) is 2.58. The van der Waals surface area contributed by atoms with Gasteiger partial charge in [-0.3, -0.25) is 9.80 Å². The van der Waals surface area contributed by atoms with Gasteiger partial charge in [0.2, 0.25) is 0 Å². The smallest absolute Gasteiger partial charge is 0.165 e. The molecular weight excluding hydrogens is 294 g/mol. The van der Waals surface area contributed by atoms with E-state index in [9.17, 15) is 0 Å². The van der Waals surface area contributed by atoms with Crippen LogP contribution in [0.1, 0.15) is 18.5 Å².